The Morgan fingerprint density at radius 1 is 0.295 bits per heavy atom. The number of benzene rings is 10. The fourth-order valence-electron chi connectivity index (χ4n) is 9.06. The van der Waals surface area contributed by atoms with Crippen molar-refractivity contribution in [3.8, 4) is 66.9 Å². The van der Waals surface area contributed by atoms with Gasteiger partial charge < -0.3 is 4.42 Å². The van der Waals surface area contributed by atoms with E-state index in [1.807, 2.05) is 6.20 Å². The highest BCUT2D eigenvalue weighted by molar-refractivity contribution is 6.23. The van der Waals surface area contributed by atoms with Crippen LogP contribution < -0.4 is 0 Å². The molecule has 0 atom stereocenters. The van der Waals surface area contributed by atoms with Gasteiger partial charge >= 0.3 is 0 Å². The van der Waals surface area contributed by atoms with E-state index < -0.39 is 0 Å². The van der Waals surface area contributed by atoms with Gasteiger partial charge in [0.25, 0.3) is 0 Å². The Balaban J connectivity index is 1.04. The zero-order chi connectivity index (χ0) is 40.3. The van der Waals surface area contributed by atoms with Gasteiger partial charge in [-0.15, -0.1) is 0 Å². The summed E-state index contributed by atoms with van der Waals surface area (Å²) in [6.45, 7) is 0. The third-order valence-electron chi connectivity index (χ3n) is 12.1. The topological polar surface area (TPSA) is 38.9 Å². The van der Waals surface area contributed by atoms with Gasteiger partial charge in [0.05, 0.1) is 22.9 Å². The minimum absolute atomic E-state index is 0.824. The Kier molecular flexibility index (Phi) is 8.17. The highest BCUT2D eigenvalue weighted by Crippen LogP contribution is 2.43. The largest absolute Gasteiger partial charge is 0.455 e. The average molecular weight is 777 g/mol. The molecule has 0 saturated carbocycles. The van der Waals surface area contributed by atoms with Crippen LogP contribution in [0.2, 0.25) is 0 Å². The van der Waals surface area contributed by atoms with E-state index in [1.54, 1.807) is 0 Å². The van der Waals surface area contributed by atoms with E-state index in [0.717, 1.165) is 88.4 Å². The molecule has 0 radical (unpaired) electrons. The monoisotopic (exact) mass is 776 g/mol. The molecule has 284 valence electrons. The van der Waals surface area contributed by atoms with E-state index in [0.29, 0.717) is 0 Å². The van der Waals surface area contributed by atoms with Crippen molar-refractivity contribution in [3.63, 3.8) is 0 Å². The second-order valence-corrected chi connectivity index (χ2v) is 15.7. The lowest BCUT2D eigenvalue weighted by Crippen LogP contribution is -1.92. The molecular formula is C58H36N2O. The number of rotatable bonds is 6. The van der Waals surface area contributed by atoms with Gasteiger partial charge in [-0.05, 0) is 103 Å². The van der Waals surface area contributed by atoms with E-state index in [1.165, 1.54) is 33.0 Å². The average Bonchev–Trinajstić information content (AvgIpc) is 3.72. The van der Waals surface area contributed by atoms with E-state index in [2.05, 4.69) is 212 Å². The van der Waals surface area contributed by atoms with Crippen LogP contribution in [0.5, 0.6) is 0 Å². The molecule has 0 fully saturated rings. The normalized spacial score (nSPS) is 11.6. The standard InChI is InChI=1S/C58H36N2O/c1-3-14-37(15-4-1)39-18-11-20-41(30-39)43-28-29-55-52(33-43)53-35-46(42-21-12-19-40(31-42)38-16-5-2-6-17-38)34-51(58(53)61-55)44-22-13-23-45(32-44)54-36-59-56-49-26-9-7-24-47(49)48-25-8-10-27-50(48)57(56)60-54/h1-36H. The molecule has 0 aliphatic carbocycles. The summed E-state index contributed by atoms with van der Waals surface area (Å²) in [5.74, 6) is 0. The van der Waals surface area contributed by atoms with Gasteiger partial charge in [-0.25, -0.2) is 4.98 Å². The second kappa shape index (κ2) is 14.3. The van der Waals surface area contributed by atoms with Gasteiger partial charge in [0.15, 0.2) is 0 Å². The molecule has 0 saturated heterocycles. The van der Waals surface area contributed by atoms with E-state index in [-0.39, 0.29) is 0 Å². The highest BCUT2D eigenvalue weighted by atomic mass is 16.3. The molecule has 12 aromatic rings. The summed E-state index contributed by atoms with van der Waals surface area (Å²) in [6, 6.07) is 75.5. The minimum atomic E-state index is 0.824. The van der Waals surface area contributed by atoms with Crippen LogP contribution >= 0.6 is 0 Å². The molecule has 10 aromatic carbocycles. The van der Waals surface area contributed by atoms with Gasteiger partial charge in [-0.2, -0.15) is 0 Å². The number of fused-ring (bicyclic) bond motifs is 9. The SMILES string of the molecule is c1ccc(-c2cccc(-c3ccc4oc5c(-c6cccc(-c7cnc8c9ccccc9c9ccccc9c8n7)c6)cc(-c6cccc(-c7ccccc7)c6)cc5c4c3)c2)cc1. The molecule has 61 heavy (non-hydrogen) atoms. The van der Waals surface area contributed by atoms with Crippen molar-refractivity contribution < 1.29 is 4.42 Å². The van der Waals surface area contributed by atoms with Crippen molar-refractivity contribution in [2.24, 2.45) is 0 Å². The quantitative estimate of drug-likeness (QED) is 0.158. The first-order valence-electron chi connectivity index (χ1n) is 20.7. The van der Waals surface area contributed by atoms with E-state index >= 15 is 0 Å². The van der Waals surface area contributed by atoms with E-state index in [9.17, 15) is 0 Å². The lowest BCUT2D eigenvalue weighted by atomic mass is 9.92. The fourth-order valence-corrected chi connectivity index (χ4v) is 9.06. The predicted molar refractivity (Wildman–Crippen MR) is 254 cm³/mol. The maximum absolute atomic E-state index is 6.87. The number of aromatic nitrogens is 2. The molecule has 0 amide bonds. The van der Waals surface area contributed by atoms with Crippen LogP contribution in [0.1, 0.15) is 0 Å². The Labute approximate surface area is 352 Å². The first-order valence-corrected chi connectivity index (χ1v) is 20.7. The van der Waals surface area contributed by atoms with E-state index in [4.69, 9.17) is 14.4 Å². The Hall–Kier alpha value is -8.14. The second-order valence-electron chi connectivity index (χ2n) is 15.7. The molecule has 0 aliphatic rings. The summed E-state index contributed by atoms with van der Waals surface area (Å²) in [5, 5.41) is 6.72. The number of hydrogen-bond acceptors (Lipinski definition) is 3. The summed E-state index contributed by atoms with van der Waals surface area (Å²) in [5.41, 5.74) is 16.7. The fraction of sp³-hybridized carbons (Fsp3) is 0. The number of nitrogens with zero attached hydrogens (tertiary/aromatic N) is 2. The summed E-state index contributed by atoms with van der Waals surface area (Å²) < 4.78 is 6.87. The van der Waals surface area contributed by atoms with Crippen LogP contribution in [0, 0.1) is 0 Å². The third-order valence-corrected chi connectivity index (χ3v) is 12.1. The van der Waals surface area contributed by atoms with Gasteiger partial charge in [0.1, 0.15) is 11.2 Å². The maximum Gasteiger partial charge on any atom is 0.143 e. The number of hydrogen-bond donors (Lipinski definition) is 0. The summed E-state index contributed by atoms with van der Waals surface area (Å²) in [4.78, 5) is 10.4. The highest BCUT2D eigenvalue weighted by Gasteiger charge is 2.18. The van der Waals surface area contributed by atoms with Crippen molar-refractivity contribution in [1.29, 1.82) is 0 Å². The lowest BCUT2D eigenvalue weighted by Gasteiger charge is -2.12. The smallest absolute Gasteiger partial charge is 0.143 e. The molecular weight excluding hydrogens is 741 g/mol. The van der Waals surface area contributed by atoms with Crippen molar-refractivity contribution in [1.82, 2.24) is 9.97 Å². The molecule has 0 bridgehead atoms. The number of furan rings is 1. The molecule has 0 unspecified atom stereocenters. The summed E-state index contributed by atoms with van der Waals surface area (Å²) >= 11 is 0. The molecule has 3 heteroatoms. The van der Waals surface area contributed by atoms with Gasteiger partial charge in [0.2, 0.25) is 0 Å². The summed E-state index contributed by atoms with van der Waals surface area (Å²) in [7, 11) is 0. The molecule has 2 heterocycles. The molecule has 0 aliphatic heterocycles. The van der Waals surface area contributed by atoms with Crippen molar-refractivity contribution in [2.75, 3.05) is 0 Å². The third kappa shape index (κ3) is 6.06. The molecule has 12 rings (SSSR count). The Morgan fingerprint density at radius 2 is 0.770 bits per heavy atom. The zero-order valence-electron chi connectivity index (χ0n) is 33.1. The zero-order valence-corrected chi connectivity index (χ0v) is 33.1. The maximum atomic E-state index is 6.87. The van der Waals surface area contributed by atoms with Crippen LogP contribution in [0.3, 0.4) is 0 Å². The molecule has 3 nitrogen and oxygen atoms in total. The first kappa shape index (κ1) is 34.9. The van der Waals surface area contributed by atoms with Crippen LogP contribution in [0.25, 0.3) is 121 Å². The van der Waals surface area contributed by atoms with Gasteiger partial charge in [-0.3, -0.25) is 4.98 Å². The molecule has 0 spiro atoms. The van der Waals surface area contributed by atoms with Gasteiger partial charge in [0, 0.05) is 32.7 Å². The first-order chi connectivity index (χ1) is 30.2. The Bertz CT molecular complexity index is 3610. The lowest BCUT2D eigenvalue weighted by molar-refractivity contribution is 0.670. The summed E-state index contributed by atoms with van der Waals surface area (Å²) in [6.07, 6.45) is 1.92. The van der Waals surface area contributed by atoms with Crippen LogP contribution in [-0.2, 0) is 0 Å². The van der Waals surface area contributed by atoms with Crippen LogP contribution in [0.4, 0.5) is 0 Å². The van der Waals surface area contributed by atoms with Crippen molar-refractivity contribution in [2.45, 2.75) is 0 Å². The minimum Gasteiger partial charge on any atom is -0.455 e. The van der Waals surface area contributed by atoms with Crippen LogP contribution in [-0.4, -0.2) is 9.97 Å². The van der Waals surface area contributed by atoms with Crippen molar-refractivity contribution in [3.05, 3.63) is 219 Å². The molecule has 2 aromatic heterocycles. The predicted octanol–water partition coefficient (Wildman–Crippen LogP) is 15.8. The molecule has 0 N–H and O–H groups in total. The van der Waals surface area contributed by atoms with Crippen LogP contribution in [0.15, 0.2) is 223 Å². The Morgan fingerprint density at radius 3 is 1.43 bits per heavy atom. The van der Waals surface area contributed by atoms with Gasteiger partial charge in [-0.1, -0.05) is 170 Å². The van der Waals surface area contributed by atoms with Crippen molar-refractivity contribution >= 4 is 54.5 Å².